The predicted octanol–water partition coefficient (Wildman–Crippen LogP) is 0.393. The summed E-state index contributed by atoms with van der Waals surface area (Å²) >= 11 is 0. The van der Waals surface area contributed by atoms with Gasteiger partial charge in [0.1, 0.15) is 6.04 Å². The summed E-state index contributed by atoms with van der Waals surface area (Å²) in [5.74, 6) is -3.02. The van der Waals surface area contributed by atoms with Crippen LogP contribution in [0.1, 0.15) is 48.0 Å². The maximum atomic E-state index is 15.3. The zero-order valence-electron chi connectivity index (χ0n) is 16.2. The number of aliphatic carboxylic acids is 1. The number of carboxylic acid groups (broad SMARTS) is 1. The van der Waals surface area contributed by atoms with E-state index in [-0.39, 0.29) is 74.5 Å². The molecule has 1 aromatic carbocycles. The molecule has 3 amide bonds. The third-order valence-corrected chi connectivity index (χ3v) is 6.14. The van der Waals surface area contributed by atoms with E-state index in [0.717, 1.165) is 0 Å². The molecule has 0 bridgehead atoms. The molecule has 1 unspecified atom stereocenters. The first kappa shape index (κ1) is 20.3. The van der Waals surface area contributed by atoms with E-state index in [9.17, 15) is 24.3 Å². The fourth-order valence-corrected chi connectivity index (χ4v) is 4.46. The summed E-state index contributed by atoms with van der Waals surface area (Å²) in [6, 6.07) is 2.22. The average molecular weight is 419 g/mol. The summed E-state index contributed by atoms with van der Waals surface area (Å²) in [6.45, 7) is 0.505. The minimum Gasteiger partial charge on any atom is -0.481 e. The van der Waals surface area contributed by atoms with Gasteiger partial charge in [-0.2, -0.15) is 0 Å². The Labute approximate surface area is 171 Å². The number of carbonyl (C=O) groups excluding carboxylic acids is 3. The molecule has 30 heavy (non-hydrogen) atoms. The molecule has 9 nitrogen and oxygen atoms in total. The smallest absolute Gasteiger partial charge is 0.306 e. The van der Waals surface area contributed by atoms with E-state index in [1.54, 1.807) is 4.90 Å². The van der Waals surface area contributed by atoms with Crippen molar-refractivity contribution in [3.63, 3.8) is 0 Å². The van der Waals surface area contributed by atoms with Gasteiger partial charge in [-0.1, -0.05) is 0 Å². The zero-order valence-corrected chi connectivity index (χ0v) is 16.2. The van der Waals surface area contributed by atoms with Crippen LogP contribution in [0.3, 0.4) is 0 Å². The van der Waals surface area contributed by atoms with Gasteiger partial charge in [0.15, 0.2) is 5.82 Å². The zero-order chi connectivity index (χ0) is 21.6. The van der Waals surface area contributed by atoms with Crippen molar-refractivity contribution in [1.82, 2.24) is 10.2 Å². The van der Waals surface area contributed by atoms with Crippen LogP contribution >= 0.6 is 0 Å². The Morgan fingerprint density at radius 2 is 1.93 bits per heavy atom. The molecule has 3 aliphatic heterocycles. The quantitative estimate of drug-likeness (QED) is 0.603. The van der Waals surface area contributed by atoms with E-state index in [0.29, 0.717) is 0 Å². The first-order valence-electron chi connectivity index (χ1n) is 9.84. The summed E-state index contributed by atoms with van der Waals surface area (Å²) in [7, 11) is 0. The molecule has 0 spiro atoms. The fraction of sp³-hybridized carbons (Fsp3) is 0.500. The number of hydrogen-bond donors (Lipinski definition) is 3. The summed E-state index contributed by atoms with van der Waals surface area (Å²) in [5.41, 5.74) is -0.633. The Hall–Kier alpha value is -3.01. The van der Waals surface area contributed by atoms with Gasteiger partial charge >= 0.3 is 5.97 Å². The Morgan fingerprint density at radius 1 is 1.23 bits per heavy atom. The van der Waals surface area contributed by atoms with Crippen LogP contribution < -0.4 is 10.2 Å². The van der Waals surface area contributed by atoms with Gasteiger partial charge in [-0.05, 0) is 31.4 Å². The number of fused-ring (bicyclic) bond motifs is 1. The molecule has 3 N–H and O–H groups in total. The molecule has 3 aliphatic rings. The number of benzene rings is 1. The van der Waals surface area contributed by atoms with E-state index in [2.05, 4.69) is 5.32 Å². The van der Waals surface area contributed by atoms with Crippen molar-refractivity contribution >= 4 is 29.4 Å². The molecule has 0 saturated carbocycles. The lowest BCUT2D eigenvalue weighted by atomic mass is 9.88. The standard InChI is InChI=1S/C20H22FN3O6/c21-17-12-10-24(14-3-4-15(25)22-18(14)28)19(29)11(12)1-2-13(17)23-7-5-20(30,6-8-23)9-16(26)27/h1-2,14,30H,3-10H2,(H,26,27)(H,22,25,28). The van der Waals surface area contributed by atoms with Crippen LogP contribution in [0.15, 0.2) is 12.1 Å². The molecule has 4 rings (SSSR count). The van der Waals surface area contributed by atoms with E-state index in [1.165, 1.54) is 17.0 Å². The minimum atomic E-state index is -1.31. The SMILES string of the molecule is O=C(O)CC1(O)CCN(c2ccc3c(c2F)CN(C2CCC(=O)NC2=O)C3=O)CC1. The van der Waals surface area contributed by atoms with Gasteiger partial charge in [0.05, 0.1) is 24.3 Å². The van der Waals surface area contributed by atoms with Gasteiger partial charge in [-0.3, -0.25) is 24.5 Å². The van der Waals surface area contributed by atoms with E-state index in [4.69, 9.17) is 5.11 Å². The van der Waals surface area contributed by atoms with Gasteiger partial charge in [-0.15, -0.1) is 0 Å². The second-order valence-electron chi connectivity index (χ2n) is 8.11. The van der Waals surface area contributed by atoms with Crippen molar-refractivity contribution in [3.05, 3.63) is 29.1 Å². The van der Waals surface area contributed by atoms with Gasteiger partial charge in [0.25, 0.3) is 5.91 Å². The summed E-state index contributed by atoms with van der Waals surface area (Å²) in [4.78, 5) is 50.2. The highest BCUT2D eigenvalue weighted by Gasteiger charge is 2.41. The number of amides is 3. The largest absolute Gasteiger partial charge is 0.481 e. The monoisotopic (exact) mass is 419 g/mol. The fourth-order valence-electron chi connectivity index (χ4n) is 4.46. The number of anilines is 1. The Morgan fingerprint density at radius 3 is 2.57 bits per heavy atom. The summed E-state index contributed by atoms with van der Waals surface area (Å²) < 4.78 is 15.3. The second-order valence-corrected chi connectivity index (χ2v) is 8.11. The van der Waals surface area contributed by atoms with Gasteiger partial charge < -0.3 is 20.0 Å². The number of aliphatic hydroxyl groups is 1. The number of imide groups is 1. The van der Waals surface area contributed by atoms with Crippen LogP contribution in [0.5, 0.6) is 0 Å². The normalized spacial score (nSPS) is 23.4. The van der Waals surface area contributed by atoms with Crippen LogP contribution in [0, 0.1) is 5.82 Å². The number of rotatable bonds is 4. The van der Waals surface area contributed by atoms with Crippen LogP contribution in [0.25, 0.3) is 0 Å². The van der Waals surface area contributed by atoms with Crippen molar-refractivity contribution in [2.45, 2.75) is 50.3 Å². The van der Waals surface area contributed by atoms with Crippen LogP contribution in [-0.2, 0) is 20.9 Å². The van der Waals surface area contributed by atoms with Crippen molar-refractivity contribution in [1.29, 1.82) is 0 Å². The highest BCUT2D eigenvalue weighted by atomic mass is 19.1. The van der Waals surface area contributed by atoms with Crippen molar-refractivity contribution < 1.29 is 33.8 Å². The van der Waals surface area contributed by atoms with Crippen molar-refractivity contribution in [2.24, 2.45) is 0 Å². The average Bonchev–Trinajstić information content (AvgIpc) is 3.00. The lowest BCUT2D eigenvalue weighted by Crippen LogP contribution is -2.52. The van der Waals surface area contributed by atoms with Crippen molar-refractivity contribution in [3.8, 4) is 0 Å². The van der Waals surface area contributed by atoms with Gasteiger partial charge in [0.2, 0.25) is 11.8 Å². The van der Waals surface area contributed by atoms with E-state index in [1.807, 2.05) is 0 Å². The first-order valence-corrected chi connectivity index (χ1v) is 9.84. The molecule has 0 aliphatic carbocycles. The lowest BCUT2D eigenvalue weighted by molar-refractivity contribution is -0.143. The van der Waals surface area contributed by atoms with Crippen LogP contribution in [-0.4, -0.2) is 63.5 Å². The highest BCUT2D eigenvalue weighted by Crippen LogP contribution is 2.36. The number of hydrogen-bond acceptors (Lipinski definition) is 6. The number of carbonyl (C=O) groups is 4. The molecular formula is C20H22FN3O6. The van der Waals surface area contributed by atoms with E-state index >= 15 is 4.39 Å². The molecule has 0 radical (unpaired) electrons. The molecule has 10 heteroatoms. The third-order valence-electron chi connectivity index (χ3n) is 6.14. The lowest BCUT2D eigenvalue weighted by Gasteiger charge is -2.38. The highest BCUT2D eigenvalue weighted by molar-refractivity contribution is 6.05. The summed E-state index contributed by atoms with van der Waals surface area (Å²) in [6.07, 6.45) is 0.349. The van der Waals surface area contributed by atoms with Crippen LogP contribution in [0.2, 0.25) is 0 Å². The molecule has 2 fully saturated rings. The van der Waals surface area contributed by atoms with E-state index < -0.39 is 35.2 Å². The predicted molar refractivity (Wildman–Crippen MR) is 101 cm³/mol. The molecule has 0 aromatic heterocycles. The number of carboxylic acids is 1. The molecule has 1 atom stereocenters. The third kappa shape index (κ3) is 3.51. The molecule has 1 aromatic rings. The number of nitrogens with zero attached hydrogens (tertiary/aromatic N) is 2. The molecule has 3 heterocycles. The van der Waals surface area contributed by atoms with Crippen LogP contribution in [0.4, 0.5) is 10.1 Å². The molecule has 2 saturated heterocycles. The number of halogens is 1. The van der Waals surface area contributed by atoms with Gasteiger partial charge in [0, 0.05) is 30.6 Å². The Kier molecular flexibility index (Phi) is 4.97. The summed E-state index contributed by atoms with van der Waals surface area (Å²) in [5, 5.41) is 21.5. The molecule has 160 valence electrons. The second kappa shape index (κ2) is 7.35. The van der Waals surface area contributed by atoms with Crippen molar-refractivity contribution in [2.75, 3.05) is 18.0 Å². The number of piperidine rings is 2. The first-order chi connectivity index (χ1) is 14.2. The Bertz CT molecular complexity index is 941. The Balaban J connectivity index is 1.52. The maximum absolute atomic E-state index is 15.3. The minimum absolute atomic E-state index is 0.0586. The molecular weight excluding hydrogens is 397 g/mol. The number of nitrogens with one attached hydrogen (secondary N) is 1. The van der Waals surface area contributed by atoms with Gasteiger partial charge in [-0.25, -0.2) is 4.39 Å². The maximum Gasteiger partial charge on any atom is 0.306 e. The topological polar surface area (TPSA) is 127 Å².